The van der Waals surface area contributed by atoms with Crippen LogP contribution in [0.4, 0.5) is 0 Å². The lowest BCUT2D eigenvalue weighted by Crippen LogP contribution is -2.43. The van der Waals surface area contributed by atoms with Crippen molar-refractivity contribution in [3.05, 3.63) is 23.7 Å². The molecule has 4 nitrogen and oxygen atoms in total. The number of aliphatic hydroxyl groups is 1. The molecule has 2 unspecified atom stereocenters. The van der Waals surface area contributed by atoms with E-state index in [1.54, 1.807) is 0 Å². The second kappa shape index (κ2) is 6.24. The first-order valence-corrected chi connectivity index (χ1v) is 7.07. The maximum Gasteiger partial charge on any atom is 0.223 e. The molecular formula is C15H23NO3. The van der Waals surface area contributed by atoms with Gasteiger partial charge in [0, 0.05) is 31.8 Å². The average molecular weight is 265 g/mol. The molecule has 2 atom stereocenters. The van der Waals surface area contributed by atoms with Gasteiger partial charge in [0.25, 0.3) is 0 Å². The lowest BCUT2D eigenvalue weighted by molar-refractivity contribution is -0.133. The molecule has 1 aromatic heterocycles. The Kier molecular flexibility index (Phi) is 4.64. The van der Waals surface area contributed by atoms with Crippen molar-refractivity contribution in [3.8, 4) is 0 Å². The minimum atomic E-state index is -0.330. The highest BCUT2D eigenvalue weighted by Gasteiger charge is 2.26. The highest BCUT2D eigenvalue weighted by molar-refractivity contribution is 5.76. The first-order chi connectivity index (χ1) is 9.06. The molecule has 0 aliphatic carbocycles. The van der Waals surface area contributed by atoms with Gasteiger partial charge in [0.15, 0.2) is 0 Å². The van der Waals surface area contributed by atoms with Crippen LogP contribution in [0.25, 0.3) is 0 Å². The standard InChI is InChI=1S/C15H23NO3/c1-11-5-6-14(19-11)7-8-15(18)16-9-3-4-13(10-16)12(2)17/h5-6,12-13,17H,3-4,7-10H2,1-2H3. The number of amides is 1. The van der Waals surface area contributed by atoms with Crippen LogP contribution >= 0.6 is 0 Å². The van der Waals surface area contributed by atoms with E-state index in [9.17, 15) is 9.90 Å². The molecule has 1 fully saturated rings. The zero-order valence-electron chi connectivity index (χ0n) is 11.8. The van der Waals surface area contributed by atoms with E-state index < -0.39 is 0 Å². The van der Waals surface area contributed by atoms with E-state index in [-0.39, 0.29) is 17.9 Å². The smallest absolute Gasteiger partial charge is 0.223 e. The molecule has 2 rings (SSSR count). The number of carbonyl (C=O) groups excluding carboxylic acids is 1. The van der Waals surface area contributed by atoms with Crippen molar-refractivity contribution in [3.63, 3.8) is 0 Å². The second-order valence-corrected chi connectivity index (χ2v) is 5.50. The van der Waals surface area contributed by atoms with Crippen LogP contribution in [0.15, 0.2) is 16.5 Å². The Balaban J connectivity index is 1.82. The molecule has 1 aliphatic heterocycles. The lowest BCUT2D eigenvalue weighted by Gasteiger charge is -2.34. The summed E-state index contributed by atoms with van der Waals surface area (Å²) in [6.07, 6.45) is 2.81. The van der Waals surface area contributed by atoms with Gasteiger partial charge in [-0.2, -0.15) is 0 Å². The number of likely N-dealkylation sites (tertiary alicyclic amines) is 1. The van der Waals surface area contributed by atoms with Crippen molar-refractivity contribution in [2.75, 3.05) is 13.1 Å². The van der Waals surface area contributed by atoms with E-state index in [2.05, 4.69) is 0 Å². The van der Waals surface area contributed by atoms with Gasteiger partial charge in [0.2, 0.25) is 5.91 Å². The average Bonchev–Trinajstić information content (AvgIpc) is 2.82. The molecule has 0 saturated carbocycles. The van der Waals surface area contributed by atoms with Gasteiger partial charge in [-0.3, -0.25) is 4.79 Å². The quantitative estimate of drug-likeness (QED) is 0.907. The van der Waals surface area contributed by atoms with E-state index in [4.69, 9.17) is 4.42 Å². The highest BCUT2D eigenvalue weighted by atomic mass is 16.3. The molecule has 19 heavy (non-hydrogen) atoms. The maximum atomic E-state index is 12.1. The van der Waals surface area contributed by atoms with E-state index in [1.807, 2.05) is 30.9 Å². The largest absolute Gasteiger partial charge is 0.466 e. The van der Waals surface area contributed by atoms with Crippen LogP contribution in [-0.2, 0) is 11.2 Å². The normalized spacial score (nSPS) is 21.4. The van der Waals surface area contributed by atoms with E-state index >= 15 is 0 Å². The number of rotatable bonds is 4. The summed E-state index contributed by atoms with van der Waals surface area (Å²) in [5.74, 6) is 2.15. The Labute approximate surface area is 114 Å². The van der Waals surface area contributed by atoms with Crippen molar-refractivity contribution in [2.24, 2.45) is 5.92 Å². The number of furan rings is 1. The summed E-state index contributed by atoms with van der Waals surface area (Å²) >= 11 is 0. The summed E-state index contributed by atoms with van der Waals surface area (Å²) in [7, 11) is 0. The number of hydrogen-bond donors (Lipinski definition) is 1. The van der Waals surface area contributed by atoms with Crippen molar-refractivity contribution in [1.29, 1.82) is 0 Å². The molecule has 106 valence electrons. The van der Waals surface area contributed by atoms with Crippen molar-refractivity contribution in [1.82, 2.24) is 4.90 Å². The third-order valence-electron chi connectivity index (χ3n) is 3.87. The third kappa shape index (κ3) is 3.83. The number of aryl methyl sites for hydroxylation is 2. The summed E-state index contributed by atoms with van der Waals surface area (Å²) in [5.41, 5.74) is 0. The molecule has 1 saturated heterocycles. The van der Waals surface area contributed by atoms with Crippen LogP contribution in [-0.4, -0.2) is 35.1 Å². The van der Waals surface area contributed by atoms with Gasteiger partial charge in [-0.05, 0) is 38.8 Å². The third-order valence-corrected chi connectivity index (χ3v) is 3.87. The predicted octanol–water partition coefficient (Wildman–Crippen LogP) is 2.14. The van der Waals surface area contributed by atoms with E-state index in [0.717, 1.165) is 30.9 Å². The SMILES string of the molecule is Cc1ccc(CCC(=O)N2CCCC(C(C)O)C2)o1. The first-order valence-electron chi connectivity index (χ1n) is 7.07. The molecule has 1 amide bonds. The fourth-order valence-corrected chi connectivity index (χ4v) is 2.64. The van der Waals surface area contributed by atoms with Gasteiger partial charge < -0.3 is 14.4 Å². The van der Waals surface area contributed by atoms with Crippen molar-refractivity contribution in [2.45, 2.75) is 45.6 Å². The number of piperidine rings is 1. The predicted molar refractivity (Wildman–Crippen MR) is 72.8 cm³/mol. The van der Waals surface area contributed by atoms with Crippen LogP contribution in [0.1, 0.15) is 37.7 Å². The first kappa shape index (κ1) is 14.1. The second-order valence-electron chi connectivity index (χ2n) is 5.50. The zero-order valence-corrected chi connectivity index (χ0v) is 11.8. The van der Waals surface area contributed by atoms with Gasteiger partial charge in [-0.25, -0.2) is 0 Å². The zero-order chi connectivity index (χ0) is 13.8. The summed E-state index contributed by atoms with van der Waals surface area (Å²) < 4.78 is 5.47. The summed E-state index contributed by atoms with van der Waals surface area (Å²) in [5, 5.41) is 9.63. The number of aliphatic hydroxyl groups excluding tert-OH is 1. The molecule has 0 radical (unpaired) electrons. The van der Waals surface area contributed by atoms with Crippen LogP contribution < -0.4 is 0 Å². The Hall–Kier alpha value is -1.29. The van der Waals surface area contributed by atoms with Gasteiger partial charge in [0.05, 0.1) is 6.10 Å². The fraction of sp³-hybridized carbons (Fsp3) is 0.667. The molecule has 2 heterocycles. The minimum absolute atomic E-state index is 0.166. The molecule has 0 aromatic carbocycles. The Morgan fingerprint density at radius 3 is 3.00 bits per heavy atom. The maximum absolute atomic E-state index is 12.1. The van der Waals surface area contributed by atoms with Crippen LogP contribution in [0.3, 0.4) is 0 Å². The number of nitrogens with zero attached hydrogens (tertiary/aromatic N) is 1. The Morgan fingerprint density at radius 1 is 1.58 bits per heavy atom. The van der Waals surface area contributed by atoms with E-state index in [0.29, 0.717) is 19.4 Å². The molecule has 0 spiro atoms. The van der Waals surface area contributed by atoms with Gasteiger partial charge in [-0.15, -0.1) is 0 Å². The van der Waals surface area contributed by atoms with Gasteiger partial charge >= 0.3 is 0 Å². The molecule has 1 aliphatic rings. The monoisotopic (exact) mass is 265 g/mol. The van der Waals surface area contributed by atoms with Crippen LogP contribution in [0, 0.1) is 12.8 Å². The summed E-state index contributed by atoms with van der Waals surface area (Å²) in [4.78, 5) is 14.0. The topological polar surface area (TPSA) is 53.7 Å². The van der Waals surface area contributed by atoms with Crippen molar-refractivity contribution >= 4 is 5.91 Å². The van der Waals surface area contributed by atoms with Gasteiger partial charge in [-0.1, -0.05) is 0 Å². The molecule has 1 N–H and O–H groups in total. The van der Waals surface area contributed by atoms with Crippen LogP contribution in [0.5, 0.6) is 0 Å². The van der Waals surface area contributed by atoms with Crippen molar-refractivity contribution < 1.29 is 14.3 Å². The Morgan fingerprint density at radius 2 is 2.37 bits per heavy atom. The fourth-order valence-electron chi connectivity index (χ4n) is 2.64. The Bertz CT molecular complexity index is 425. The molecule has 1 aromatic rings. The number of carbonyl (C=O) groups is 1. The van der Waals surface area contributed by atoms with Crippen LogP contribution in [0.2, 0.25) is 0 Å². The highest BCUT2D eigenvalue weighted by Crippen LogP contribution is 2.20. The molecule has 0 bridgehead atoms. The number of hydrogen-bond acceptors (Lipinski definition) is 3. The lowest BCUT2D eigenvalue weighted by atomic mass is 9.93. The molecule has 4 heteroatoms. The van der Waals surface area contributed by atoms with Gasteiger partial charge in [0.1, 0.15) is 11.5 Å². The van der Waals surface area contributed by atoms with E-state index in [1.165, 1.54) is 0 Å². The summed E-state index contributed by atoms with van der Waals surface area (Å²) in [6.45, 7) is 5.22. The molecular weight excluding hydrogens is 242 g/mol. The summed E-state index contributed by atoms with van der Waals surface area (Å²) in [6, 6.07) is 3.85. The minimum Gasteiger partial charge on any atom is -0.466 e.